The molecular weight excluding hydrogens is 306 g/mol. The molecular formula is C18H19N3O3. The molecule has 0 amide bonds. The molecule has 0 fully saturated rings. The van der Waals surface area contributed by atoms with Crippen LogP contribution in [0.1, 0.15) is 0 Å². The summed E-state index contributed by atoms with van der Waals surface area (Å²) in [5, 5.41) is 0.888. The second-order valence-corrected chi connectivity index (χ2v) is 5.19. The van der Waals surface area contributed by atoms with E-state index >= 15 is 0 Å². The molecule has 0 spiro atoms. The Hall–Kier alpha value is -3.02. The van der Waals surface area contributed by atoms with Crippen molar-refractivity contribution in [3.05, 3.63) is 42.6 Å². The second kappa shape index (κ2) is 6.62. The fourth-order valence-corrected chi connectivity index (χ4v) is 2.43. The number of anilines is 2. The van der Waals surface area contributed by atoms with Crippen LogP contribution in [-0.4, -0.2) is 38.3 Å². The van der Waals surface area contributed by atoms with Gasteiger partial charge in [-0.25, -0.2) is 9.97 Å². The van der Waals surface area contributed by atoms with Crippen molar-refractivity contribution in [3.63, 3.8) is 0 Å². The molecule has 0 atom stereocenters. The van der Waals surface area contributed by atoms with Crippen molar-refractivity contribution in [3.8, 4) is 17.2 Å². The number of hydrogen-bond donors (Lipinski definition) is 0. The van der Waals surface area contributed by atoms with Crippen LogP contribution in [0, 0.1) is 0 Å². The number of ether oxygens (including phenoxy) is 3. The summed E-state index contributed by atoms with van der Waals surface area (Å²) in [6, 6.07) is 11.4. The van der Waals surface area contributed by atoms with Gasteiger partial charge in [-0.2, -0.15) is 0 Å². The minimum absolute atomic E-state index is 0.597. The van der Waals surface area contributed by atoms with E-state index in [-0.39, 0.29) is 0 Å². The third kappa shape index (κ3) is 2.90. The van der Waals surface area contributed by atoms with Gasteiger partial charge in [0.15, 0.2) is 11.5 Å². The maximum Gasteiger partial charge on any atom is 0.230 e. The normalized spacial score (nSPS) is 10.5. The fraction of sp³-hybridized carbons (Fsp3) is 0.222. The topological polar surface area (TPSA) is 56.7 Å². The SMILES string of the molecule is COc1ccc(N(C)c2ncc3cc(OC)c(OC)cc3n2)cc1. The summed E-state index contributed by atoms with van der Waals surface area (Å²) in [6.07, 6.45) is 1.78. The molecule has 0 unspecified atom stereocenters. The van der Waals surface area contributed by atoms with Gasteiger partial charge in [-0.3, -0.25) is 0 Å². The molecule has 0 aliphatic rings. The molecule has 24 heavy (non-hydrogen) atoms. The molecule has 3 rings (SSSR count). The number of hydrogen-bond acceptors (Lipinski definition) is 6. The fourth-order valence-electron chi connectivity index (χ4n) is 2.43. The second-order valence-electron chi connectivity index (χ2n) is 5.19. The summed E-state index contributed by atoms with van der Waals surface area (Å²) >= 11 is 0. The molecule has 1 heterocycles. The maximum atomic E-state index is 5.34. The molecule has 0 saturated heterocycles. The van der Waals surface area contributed by atoms with Crippen molar-refractivity contribution in [2.75, 3.05) is 33.3 Å². The highest BCUT2D eigenvalue weighted by atomic mass is 16.5. The van der Waals surface area contributed by atoms with Crippen LogP contribution < -0.4 is 19.1 Å². The first-order valence-electron chi connectivity index (χ1n) is 7.43. The molecule has 6 nitrogen and oxygen atoms in total. The van der Waals surface area contributed by atoms with Gasteiger partial charge in [-0.05, 0) is 30.3 Å². The summed E-state index contributed by atoms with van der Waals surface area (Å²) in [6.45, 7) is 0. The van der Waals surface area contributed by atoms with Gasteiger partial charge in [-0.1, -0.05) is 0 Å². The van der Waals surface area contributed by atoms with Crippen LogP contribution in [0.3, 0.4) is 0 Å². The van der Waals surface area contributed by atoms with Gasteiger partial charge >= 0.3 is 0 Å². The van der Waals surface area contributed by atoms with Crippen molar-refractivity contribution in [1.29, 1.82) is 0 Å². The Balaban J connectivity index is 1.99. The molecule has 124 valence electrons. The van der Waals surface area contributed by atoms with E-state index in [1.54, 1.807) is 27.5 Å². The standard InChI is InChI=1S/C18H19N3O3/c1-21(13-5-7-14(22-2)8-6-13)18-19-11-12-9-16(23-3)17(24-4)10-15(12)20-18/h5-11H,1-4H3. The first-order valence-corrected chi connectivity index (χ1v) is 7.43. The van der Waals surface area contributed by atoms with Crippen molar-refractivity contribution >= 4 is 22.5 Å². The Labute approximate surface area is 140 Å². The quantitative estimate of drug-likeness (QED) is 0.716. The highest BCUT2D eigenvalue weighted by Crippen LogP contribution is 2.32. The minimum atomic E-state index is 0.597. The lowest BCUT2D eigenvalue weighted by Gasteiger charge is -2.18. The number of benzene rings is 2. The van der Waals surface area contributed by atoms with Crippen LogP contribution in [0.5, 0.6) is 17.2 Å². The maximum absolute atomic E-state index is 5.34. The molecule has 0 saturated carbocycles. The van der Waals surface area contributed by atoms with Gasteiger partial charge in [0.25, 0.3) is 0 Å². The van der Waals surface area contributed by atoms with Crippen molar-refractivity contribution < 1.29 is 14.2 Å². The zero-order valence-electron chi connectivity index (χ0n) is 14.1. The third-order valence-corrected chi connectivity index (χ3v) is 3.83. The molecule has 2 aromatic carbocycles. The summed E-state index contributed by atoms with van der Waals surface area (Å²) < 4.78 is 15.8. The lowest BCUT2D eigenvalue weighted by atomic mass is 10.2. The smallest absolute Gasteiger partial charge is 0.230 e. The van der Waals surface area contributed by atoms with E-state index in [9.17, 15) is 0 Å². The lowest BCUT2D eigenvalue weighted by molar-refractivity contribution is 0.356. The van der Waals surface area contributed by atoms with E-state index in [4.69, 9.17) is 14.2 Å². The van der Waals surface area contributed by atoms with Crippen molar-refractivity contribution in [2.45, 2.75) is 0 Å². The number of nitrogens with zero attached hydrogens (tertiary/aromatic N) is 3. The van der Waals surface area contributed by atoms with E-state index in [0.29, 0.717) is 17.4 Å². The Morgan fingerprint density at radius 2 is 1.54 bits per heavy atom. The summed E-state index contributed by atoms with van der Waals surface area (Å²) in [7, 11) is 6.78. The van der Waals surface area contributed by atoms with Gasteiger partial charge < -0.3 is 19.1 Å². The Morgan fingerprint density at radius 1 is 0.875 bits per heavy atom. The molecule has 0 bridgehead atoms. The van der Waals surface area contributed by atoms with Gasteiger partial charge in [-0.15, -0.1) is 0 Å². The molecule has 0 aliphatic heterocycles. The summed E-state index contributed by atoms with van der Waals surface area (Å²) in [5.41, 5.74) is 1.76. The van der Waals surface area contributed by atoms with Gasteiger partial charge in [0.05, 0.1) is 26.8 Å². The third-order valence-electron chi connectivity index (χ3n) is 3.83. The van der Waals surface area contributed by atoms with E-state index in [0.717, 1.165) is 22.3 Å². The number of methoxy groups -OCH3 is 3. The summed E-state index contributed by atoms with van der Waals surface area (Å²) in [5.74, 6) is 2.70. The largest absolute Gasteiger partial charge is 0.497 e. The van der Waals surface area contributed by atoms with E-state index in [1.165, 1.54) is 0 Å². The zero-order chi connectivity index (χ0) is 17.1. The van der Waals surface area contributed by atoms with Gasteiger partial charge in [0, 0.05) is 30.4 Å². The molecule has 0 radical (unpaired) electrons. The van der Waals surface area contributed by atoms with Crippen LogP contribution in [0.4, 0.5) is 11.6 Å². The zero-order valence-corrected chi connectivity index (χ0v) is 14.1. The van der Waals surface area contributed by atoms with Crippen LogP contribution in [0.15, 0.2) is 42.6 Å². The monoisotopic (exact) mass is 325 g/mol. The van der Waals surface area contributed by atoms with Crippen molar-refractivity contribution in [2.24, 2.45) is 0 Å². The number of fused-ring (bicyclic) bond motifs is 1. The average Bonchev–Trinajstić information content (AvgIpc) is 2.65. The van der Waals surface area contributed by atoms with E-state index in [2.05, 4.69) is 9.97 Å². The van der Waals surface area contributed by atoms with Crippen LogP contribution in [0.2, 0.25) is 0 Å². The average molecular weight is 325 g/mol. The van der Waals surface area contributed by atoms with Crippen molar-refractivity contribution in [1.82, 2.24) is 9.97 Å². The number of aromatic nitrogens is 2. The molecule has 6 heteroatoms. The highest BCUT2D eigenvalue weighted by molar-refractivity contribution is 5.83. The first kappa shape index (κ1) is 15.9. The predicted molar refractivity (Wildman–Crippen MR) is 93.7 cm³/mol. The van der Waals surface area contributed by atoms with E-state index < -0.39 is 0 Å². The Morgan fingerprint density at radius 3 is 2.17 bits per heavy atom. The van der Waals surface area contributed by atoms with Gasteiger partial charge in [0.1, 0.15) is 5.75 Å². The molecule has 0 aliphatic carbocycles. The lowest BCUT2D eigenvalue weighted by Crippen LogP contribution is -2.12. The predicted octanol–water partition coefficient (Wildman–Crippen LogP) is 3.42. The van der Waals surface area contributed by atoms with Crippen LogP contribution in [0.25, 0.3) is 10.9 Å². The first-order chi connectivity index (χ1) is 11.7. The van der Waals surface area contributed by atoms with E-state index in [1.807, 2.05) is 48.3 Å². The highest BCUT2D eigenvalue weighted by Gasteiger charge is 2.11. The van der Waals surface area contributed by atoms with Crippen LogP contribution >= 0.6 is 0 Å². The minimum Gasteiger partial charge on any atom is -0.497 e. The molecule has 3 aromatic rings. The molecule has 0 N–H and O–H groups in total. The number of rotatable bonds is 5. The Bertz CT molecular complexity index is 850. The Kier molecular flexibility index (Phi) is 4.37. The van der Waals surface area contributed by atoms with Gasteiger partial charge in [0.2, 0.25) is 5.95 Å². The summed E-state index contributed by atoms with van der Waals surface area (Å²) in [4.78, 5) is 11.0. The van der Waals surface area contributed by atoms with Crippen LogP contribution in [-0.2, 0) is 0 Å². The molecule has 1 aromatic heterocycles.